The smallest absolute Gasteiger partial charge is 0.401 e. The SMILES string of the molecule is O=c1c2ccccc2nc(C=Cc2ccc([N+](=O)[O-])o2)n1-c1ccccc1Cl. The first-order valence-electron chi connectivity index (χ1n) is 8.23. The number of hydrogen-bond donors (Lipinski definition) is 0. The summed E-state index contributed by atoms with van der Waals surface area (Å²) in [4.78, 5) is 27.8. The molecule has 0 spiro atoms. The fourth-order valence-electron chi connectivity index (χ4n) is 2.81. The fraction of sp³-hybridized carbons (Fsp3) is 0. The van der Waals surface area contributed by atoms with Crippen molar-refractivity contribution in [3.63, 3.8) is 0 Å². The molecule has 0 aliphatic rings. The van der Waals surface area contributed by atoms with E-state index < -0.39 is 4.92 Å². The molecule has 28 heavy (non-hydrogen) atoms. The lowest BCUT2D eigenvalue weighted by Crippen LogP contribution is -2.22. The second kappa shape index (κ2) is 7.13. The Hall–Kier alpha value is -3.71. The van der Waals surface area contributed by atoms with Crippen LogP contribution in [0.15, 0.2) is 69.9 Å². The van der Waals surface area contributed by atoms with Gasteiger partial charge in [-0.15, -0.1) is 0 Å². The van der Waals surface area contributed by atoms with Gasteiger partial charge < -0.3 is 4.42 Å². The summed E-state index contributed by atoms with van der Waals surface area (Å²) in [6.07, 6.45) is 3.07. The molecule has 0 N–H and O–H groups in total. The molecule has 0 amide bonds. The van der Waals surface area contributed by atoms with Crippen molar-refractivity contribution in [3.8, 4) is 5.69 Å². The molecule has 7 nitrogen and oxygen atoms in total. The fourth-order valence-corrected chi connectivity index (χ4v) is 3.03. The topological polar surface area (TPSA) is 91.2 Å². The van der Waals surface area contributed by atoms with Gasteiger partial charge in [-0.3, -0.25) is 19.5 Å². The molecule has 0 saturated carbocycles. The number of halogens is 1. The largest absolute Gasteiger partial charge is 0.433 e. The highest BCUT2D eigenvalue weighted by molar-refractivity contribution is 6.32. The molecule has 8 heteroatoms. The highest BCUT2D eigenvalue weighted by atomic mass is 35.5. The Kier molecular flexibility index (Phi) is 4.50. The number of nitrogens with zero attached hydrogens (tertiary/aromatic N) is 3. The molecular formula is C20H12ClN3O4. The van der Waals surface area contributed by atoms with Crippen LogP contribution in [0.25, 0.3) is 28.7 Å². The lowest BCUT2D eigenvalue weighted by molar-refractivity contribution is -0.402. The van der Waals surface area contributed by atoms with Crippen molar-refractivity contribution < 1.29 is 9.34 Å². The number of hydrogen-bond acceptors (Lipinski definition) is 5. The van der Waals surface area contributed by atoms with Gasteiger partial charge >= 0.3 is 5.88 Å². The van der Waals surface area contributed by atoms with Crippen molar-refractivity contribution in [1.82, 2.24) is 9.55 Å². The van der Waals surface area contributed by atoms with E-state index in [1.54, 1.807) is 54.6 Å². The average Bonchev–Trinajstić information content (AvgIpc) is 3.17. The van der Waals surface area contributed by atoms with Crippen LogP contribution in [0.4, 0.5) is 5.88 Å². The van der Waals surface area contributed by atoms with E-state index in [1.165, 1.54) is 22.8 Å². The molecule has 0 aliphatic heterocycles. The molecule has 138 valence electrons. The standard InChI is InChI=1S/C20H12ClN3O4/c21-15-6-2-4-8-17(15)23-18(11-9-13-10-12-19(28-13)24(26)27)22-16-7-3-1-5-14(16)20(23)25/h1-12H. The van der Waals surface area contributed by atoms with Crippen LogP contribution in [-0.2, 0) is 0 Å². The number of fused-ring (bicyclic) bond motifs is 1. The Morgan fingerprint density at radius 3 is 2.54 bits per heavy atom. The second-order valence-corrected chi connectivity index (χ2v) is 6.25. The van der Waals surface area contributed by atoms with Gasteiger partial charge in [0.15, 0.2) is 0 Å². The molecule has 4 rings (SSSR count). The van der Waals surface area contributed by atoms with Crippen molar-refractivity contribution in [2.75, 3.05) is 0 Å². The van der Waals surface area contributed by atoms with Gasteiger partial charge in [-0.25, -0.2) is 4.98 Å². The third-order valence-electron chi connectivity index (χ3n) is 4.08. The zero-order valence-corrected chi connectivity index (χ0v) is 15.0. The first-order valence-corrected chi connectivity index (χ1v) is 8.61. The quantitative estimate of drug-likeness (QED) is 0.370. The summed E-state index contributed by atoms with van der Waals surface area (Å²) >= 11 is 6.30. The second-order valence-electron chi connectivity index (χ2n) is 5.85. The molecule has 2 aromatic heterocycles. The van der Waals surface area contributed by atoms with E-state index >= 15 is 0 Å². The highest BCUT2D eigenvalue weighted by Gasteiger charge is 2.14. The first kappa shape index (κ1) is 17.7. The maximum atomic E-state index is 13.1. The van der Waals surface area contributed by atoms with Crippen LogP contribution in [0.5, 0.6) is 0 Å². The van der Waals surface area contributed by atoms with E-state index in [-0.39, 0.29) is 17.2 Å². The summed E-state index contributed by atoms with van der Waals surface area (Å²) in [5.74, 6) is 0.213. The van der Waals surface area contributed by atoms with Crippen LogP contribution < -0.4 is 5.56 Å². The first-order chi connectivity index (χ1) is 13.5. The van der Waals surface area contributed by atoms with Crippen molar-refractivity contribution >= 4 is 40.5 Å². The lowest BCUT2D eigenvalue weighted by Gasteiger charge is -2.12. The molecule has 2 aromatic carbocycles. The van der Waals surface area contributed by atoms with E-state index in [0.29, 0.717) is 27.4 Å². The van der Waals surface area contributed by atoms with Crippen molar-refractivity contribution in [2.45, 2.75) is 0 Å². The van der Waals surface area contributed by atoms with Crippen LogP contribution in [0.3, 0.4) is 0 Å². The summed E-state index contributed by atoms with van der Waals surface area (Å²) in [5.41, 5.74) is 0.738. The summed E-state index contributed by atoms with van der Waals surface area (Å²) in [5, 5.41) is 11.6. The van der Waals surface area contributed by atoms with Gasteiger partial charge in [-0.1, -0.05) is 35.9 Å². The normalized spacial score (nSPS) is 11.3. The zero-order valence-electron chi connectivity index (χ0n) is 14.3. The van der Waals surface area contributed by atoms with Gasteiger partial charge in [0.2, 0.25) is 0 Å². The minimum absolute atomic E-state index is 0.264. The molecular weight excluding hydrogens is 382 g/mol. The van der Waals surface area contributed by atoms with Gasteiger partial charge in [0.1, 0.15) is 16.5 Å². The predicted molar refractivity (Wildman–Crippen MR) is 107 cm³/mol. The summed E-state index contributed by atoms with van der Waals surface area (Å²) in [7, 11) is 0. The minimum atomic E-state index is -0.620. The van der Waals surface area contributed by atoms with E-state index in [9.17, 15) is 14.9 Å². The van der Waals surface area contributed by atoms with E-state index in [1.807, 2.05) is 0 Å². The molecule has 4 aromatic rings. The summed E-state index contributed by atoms with van der Waals surface area (Å²) < 4.78 is 6.53. The van der Waals surface area contributed by atoms with Crippen LogP contribution in [0, 0.1) is 10.1 Å². The number of benzene rings is 2. The molecule has 0 aliphatic carbocycles. The number of rotatable bonds is 4. The Labute approximate surface area is 163 Å². The number of aromatic nitrogens is 2. The van der Waals surface area contributed by atoms with Crippen molar-refractivity contribution in [1.29, 1.82) is 0 Å². The van der Waals surface area contributed by atoms with E-state index in [0.717, 1.165) is 0 Å². The molecule has 0 unspecified atom stereocenters. The third-order valence-corrected chi connectivity index (χ3v) is 4.40. The Morgan fingerprint density at radius 1 is 1.04 bits per heavy atom. The number of para-hydroxylation sites is 2. The maximum Gasteiger partial charge on any atom is 0.433 e. The van der Waals surface area contributed by atoms with Gasteiger partial charge in [0.25, 0.3) is 5.56 Å². The Balaban J connectivity index is 1.92. The number of furan rings is 1. The minimum Gasteiger partial charge on any atom is -0.401 e. The van der Waals surface area contributed by atoms with Crippen LogP contribution in [0.1, 0.15) is 11.6 Å². The zero-order chi connectivity index (χ0) is 19.7. The Morgan fingerprint density at radius 2 is 1.79 bits per heavy atom. The molecule has 0 fully saturated rings. The highest BCUT2D eigenvalue weighted by Crippen LogP contribution is 2.23. The van der Waals surface area contributed by atoms with E-state index in [4.69, 9.17) is 16.0 Å². The van der Waals surface area contributed by atoms with Gasteiger partial charge in [-0.2, -0.15) is 0 Å². The summed E-state index contributed by atoms with van der Waals surface area (Å²) in [6, 6.07) is 16.6. The third kappa shape index (κ3) is 3.19. The molecule has 0 radical (unpaired) electrons. The van der Waals surface area contributed by atoms with Crippen molar-refractivity contribution in [2.24, 2.45) is 0 Å². The number of nitro groups is 1. The molecule has 0 saturated heterocycles. The molecule has 2 heterocycles. The van der Waals surface area contributed by atoms with Gasteiger partial charge in [0, 0.05) is 0 Å². The molecule has 0 atom stereocenters. The van der Waals surface area contributed by atoms with Crippen LogP contribution in [-0.4, -0.2) is 14.5 Å². The Bertz CT molecular complexity index is 1290. The average molecular weight is 394 g/mol. The van der Waals surface area contributed by atoms with Crippen molar-refractivity contribution in [3.05, 3.63) is 97.7 Å². The lowest BCUT2D eigenvalue weighted by atomic mass is 10.2. The summed E-state index contributed by atoms with van der Waals surface area (Å²) in [6.45, 7) is 0. The van der Waals surface area contributed by atoms with Crippen LogP contribution in [0.2, 0.25) is 5.02 Å². The molecule has 0 bridgehead atoms. The van der Waals surface area contributed by atoms with E-state index in [2.05, 4.69) is 4.98 Å². The monoisotopic (exact) mass is 393 g/mol. The van der Waals surface area contributed by atoms with Gasteiger partial charge in [-0.05, 0) is 42.5 Å². The van der Waals surface area contributed by atoms with Gasteiger partial charge in [0.05, 0.1) is 27.7 Å². The maximum absolute atomic E-state index is 13.1. The van der Waals surface area contributed by atoms with Crippen LogP contribution >= 0.6 is 11.6 Å². The predicted octanol–water partition coefficient (Wildman–Crippen LogP) is 4.71.